The van der Waals surface area contributed by atoms with Gasteiger partial charge in [-0.15, -0.1) is 10.2 Å². The van der Waals surface area contributed by atoms with E-state index >= 15 is 0 Å². The monoisotopic (exact) mass is 223 g/mol. The summed E-state index contributed by atoms with van der Waals surface area (Å²) < 4.78 is 5.68. The molecule has 2 rings (SSSR count). The lowest BCUT2D eigenvalue weighted by Crippen LogP contribution is -2.13. The summed E-state index contributed by atoms with van der Waals surface area (Å²) in [6, 6.07) is 0. The Hall–Kier alpha value is -0.900. The van der Waals surface area contributed by atoms with Gasteiger partial charge >= 0.3 is 0 Å². The largest absolute Gasteiger partial charge is 0.424 e. The van der Waals surface area contributed by atoms with Crippen molar-refractivity contribution in [2.45, 2.75) is 57.9 Å². The van der Waals surface area contributed by atoms with Gasteiger partial charge in [0.1, 0.15) is 0 Å². The maximum atomic E-state index is 5.68. The summed E-state index contributed by atoms with van der Waals surface area (Å²) in [5.74, 6) is 2.10. The predicted molar refractivity (Wildman–Crippen MR) is 62.1 cm³/mol. The highest BCUT2D eigenvalue weighted by Crippen LogP contribution is 2.31. The van der Waals surface area contributed by atoms with E-state index in [2.05, 4.69) is 22.4 Å². The molecule has 0 radical (unpaired) electrons. The Bertz CT molecular complexity index is 305. The van der Waals surface area contributed by atoms with E-state index in [4.69, 9.17) is 4.42 Å². The fraction of sp³-hybridized carbons (Fsp3) is 0.833. The Morgan fingerprint density at radius 1 is 1.25 bits per heavy atom. The van der Waals surface area contributed by atoms with Crippen LogP contribution >= 0.6 is 0 Å². The van der Waals surface area contributed by atoms with Crippen molar-refractivity contribution in [2.24, 2.45) is 0 Å². The van der Waals surface area contributed by atoms with Crippen molar-refractivity contribution >= 4 is 0 Å². The standard InChI is InChI=1S/C12H21N3O/c1-2-8-13-9-11-14-15-12(16-11)10-6-4-3-5-7-10/h10,13H,2-9H2,1H3. The Labute approximate surface area is 96.8 Å². The second-order valence-corrected chi connectivity index (χ2v) is 4.55. The Kier molecular flexibility index (Phi) is 4.34. The summed E-state index contributed by atoms with van der Waals surface area (Å²) in [7, 11) is 0. The van der Waals surface area contributed by atoms with Gasteiger partial charge in [-0.3, -0.25) is 0 Å². The minimum absolute atomic E-state index is 0.515. The van der Waals surface area contributed by atoms with E-state index < -0.39 is 0 Å². The molecular weight excluding hydrogens is 202 g/mol. The molecule has 0 aromatic carbocycles. The minimum Gasteiger partial charge on any atom is -0.424 e. The van der Waals surface area contributed by atoms with E-state index in [0.717, 1.165) is 24.7 Å². The first-order valence-corrected chi connectivity index (χ1v) is 6.43. The number of nitrogens with one attached hydrogen (secondary N) is 1. The van der Waals surface area contributed by atoms with Gasteiger partial charge in [0.05, 0.1) is 6.54 Å². The van der Waals surface area contributed by atoms with E-state index in [0.29, 0.717) is 12.5 Å². The zero-order valence-corrected chi connectivity index (χ0v) is 10.0. The first-order valence-electron chi connectivity index (χ1n) is 6.43. The minimum atomic E-state index is 0.515. The molecule has 0 unspecified atom stereocenters. The van der Waals surface area contributed by atoms with Gasteiger partial charge in [-0.1, -0.05) is 26.2 Å². The fourth-order valence-corrected chi connectivity index (χ4v) is 2.22. The van der Waals surface area contributed by atoms with Crippen LogP contribution in [-0.4, -0.2) is 16.7 Å². The topological polar surface area (TPSA) is 51.0 Å². The smallest absolute Gasteiger partial charge is 0.230 e. The number of aromatic nitrogens is 2. The van der Waals surface area contributed by atoms with Crippen LogP contribution < -0.4 is 5.32 Å². The third kappa shape index (κ3) is 3.04. The SMILES string of the molecule is CCCNCc1nnc(C2CCCCC2)o1. The van der Waals surface area contributed by atoms with Crippen molar-refractivity contribution in [2.75, 3.05) is 6.54 Å². The fourth-order valence-electron chi connectivity index (χ4n) is 2.22. The number of nitrogens with zero attached hydrogens (tertiary/aromatic N) is 2. The maximum Gasteiger partial charge on any atom is 0.230 e. The average molecular weight is 223 g/mol. The molecule has 0 spiro atoms. The maximum absolute atomic E-state index is 5.68. The van der Waals surface area contributed by atoms with Crippen molar-refractivity contribution < 1.29 is 4.42 Å². The molecule has 1 N–H and O–H groups in total. The first-order chi connectivity index (χ1) is 7.90. The molecule has 1 saturated carbocycles. The molecule has 1 fully saturated rings. The van der Waals surface area contributed by atoms with E-state index in [1.165, 1.54) is 32.1 Å². The lowest BCUT2D eigenvalue weighted by molar-refractivity contribution is 0.347. The van der Waals surface area contributed by atoms with Gasteiger partial charge in [-0.2, -0.15) is 0 Å². The molecule has 90 valence electrons. The molecule has 0 bridgehead atoms. The zero-order chi connectivity index (χ0) is 11.2. The second-order valence-electron chi connectivity index (χ2n) is 4.55. The van der Waals surface area contributed by atoms with Crippen molar-refractivity contribution in [1.82, 2.24) is 15.5 Å². The van der Waals surface area contributed by atoms with E-state index in [1.807, 2.05) is 0 Å². The highest BCUT2D eigenvalue weighted by atomic mass is 16.4. The van der Waals surface area contributed by atoms with Crippen LogP contribution in [0.25, 0.3) is 0 Å². The summed E-state index contributed by atoms with van der Waals surface area (Å²) in [4.78, 5) is 0. The van der Waals surface area contributed by atoms with Gasteiger partial charge in [0.15, 0.2) is 0 Å². The van der Waals surface area contributed by atoms with E-state index in [9.17, 15) is 0 Å². The second kappa shape index (κ2) is 5.99. The van der Waals surface area contributed by atoms with Crippen LogP contribution in [0.15, 0.2) is 4.42 Å². The van der Waals surface area contributed by atoms with Crippen molar-refractivity contribution in [3.63, 3.8) is 0 Å². The van der Waals surface area contributed by atoms with Crippen molar-refractivity contribution in [3.8, 4) is 0 Å². The average Bonchev–Trinajstić information content (AvgIpc) is 2.79. The molecule has 1 aliphatic carbocycles. The molecule has 4 nitrogen and oxygen atoms in total. The van der Waals surface area contributed by atoms with Crippen LogP contribution in [0, 0.1) is 0 Å². The third-order valence-corrected chi connectivity index (χ3v) is 3.14. The van der Waals surface area contributed by atoms with Crippen LogP contribution in [0.5, 0.6) is 0 Å². The van der Waals surface area contributed by atoms with Crippen LogP contribution in [0.4, 0.5) is 0 Å². The molecule has 1 aromatic heterocycles. The van der Waals surface area contributed by atoms with Crippen LogP contribution in [-0.2, 0) is 6.54 Å². The highest BCUT2D eigenvalue weighted by molar-refractivity contribution is 4.93. The quantitative estimate of drug-likeness (QED) is 0.780. The van der Waals surface area contributed by atoms with Crippen LogP contribution in [0.3, 0.4) is 0 Å². The molecule has 0 atom stereocenters. The summed E-state index contributed by atoms with van der Waals surface area (Å²) >= 11 is 0. The number of hydrogen-bond acceptors (Lipinski definition) is 4. The van der Waals surface area contributed by atoms with Gasteiger partial charge < -0.3 is 9.73 Å². The molecule has 16 heavy (non-hydrogen) atoms. The molecule has 1 aromatic rings. The van der Waals surface area contributed by atoms with Gasteiger partial charge in [-0.05, 0) is 25.8 Å². The highest BCUT2D eigenvalue weighted by Gasteiger charge is 2.20. The Balaban J connectivity index is 1.85. The lowest BCUT2D eigenvalue weighted by atomic mass is 9.89. The summed E-state index contributed by atoms with van der Waals surface area (Å²) in [5.41, 5.74) is 0. The zero-order valence-electron chi connectivity index (χ0n) is 10.0. The van der Waals surface area contributed by atoms with Crippen LogP contribution in [0.2, 0.25) is 0 Å². The summed E-state index contributed by atoms with van der Waals surface area (Å²) in [5, 5.41) is 11.5. The normalized spacial score (nSPS) is 17.8. The Morgan fingerprint density at radius 3 is 2.81 bits per heavy atom. The summed E-state index contributed by atoms with van der Waals surface area (Å²) in [6.07, 6.45) is 7.51. The van der Waals surface area contributed by atoms with Gasteiger partial charge in [0.2, 0.25) is 11.8 Å². The number of hydrogen-bond donors (Lipinski definition) is 1. The number of rotatable bonds is 5. The summed E-state index contributed by atoms with van der Waals surface area (Å²) in [6.45, 7) is 3.85. The molecule has 1 aliphatic rings. The van der Waals surface area contributed by atoms with Gasteiger partial charge in [0.25, 0.3) is 0 Å². The molecular formula is C12H21N3O. The molecule has 0 saturated heterocycles. The predicted octanol–water partition coefficient (Wildman–Crippen LogP) is 2.62. The van der Waals surface area contributed by atoms with Crippen molar-refractivity contribution in [3.05, 3.63) is 11.8 Å². The molecule has 0 aliphatic heterocycles. The lowest BCUT2D eigenvalue weighted by Gasteiger charge is -2.17. The first kappa shape index (κ1) is 11.6. The van der Waals surface area contributed by atoms with Crippen LogP contribution in [0.1, 0.15) is 63.1 Å². The third-order valence-electron chi connectivity index (χ3n) is 3.14. The molecule has 4 heteroatoms. The van der Waals surface area contributed by atoms with E-state index in [-0.39, 0.29) is 0 Å². The van der Waals surface area contributed by atoms with E-state index in [1.54, 1.807) is 0 Å². The van der Waals surface area contributed by atoms with Crippen molar-refractivity contribution in [1.29, 1.82) is 0 Å². The van der Waals surface area contributed by atoms with Gasteiger partial charge in [0, 0.05) is 5.92 Å². The van der Waals surface area contributed by atoms with Gasteiger partial charge in [-0.25, -0.2) is 0 Å². The molecule has 1 heterocycles. The Morgan fingerprint density at radius 2 is 2.06 bits per heavy atom. The molecule has 0 amide bonds.